The number of amides is 3. The molecule has 3 aliphatic rings. The first-order valence-electron chi connectivity index (χ1n) is 9.75. The van der Waals surface area contributed by atoms with Crippen molar-refractivity contribution in [3.8, 4) is 0 Å². The summed E-state index contributed by atoms with van der Waals surface area (Å²) in [6.45, 7) is 0. The molecule has 1 aliphatic heterocycles. The molecule has 0 aromatic heterocycles. The average molecular weight is 402 g/mol. The number of nitrogens with zero attached hydrogens (tertiary/aromatic N) is 1. The van der Waals surface area contributed by atoms with Crippen LogP contribution in [0.5, 0.6) is 0 Å². The summed E-state index contributed by atoms with van der Waals surface area (Å²) in [6.07, 6.45) is 4.93. The molecule has 30 heavy (non-hydrogen) atoms. The van der Waals surface area contributed by atoms with Crippen molar-refractivity contribution in [1.82, 2.24) is 0 Å². The third kappa shape index (κ3) is 2.74. The summed E-state index contributed by atoms with van der Waals surface area (Å²) in [5.74, 6) is -2.31. The first kappa shape index (κ1) is 18.3. The van der Waals surface area contributed by atoms with Gasteiger partial charge < -0.3 is 10.4 Å². The molecular formula is C23H18N2O5. The molecular weight excluding hydrogens is 384 g/mol. The maximum atomic E-state index is 13.0. The zero-order valence-electron chi connectivity index (χ0n) is 15.8. The van der Waals surface area contributed by atoms with Gasteiger partial charge in [-0.2, -0.15) is 0 Å². The summed E-state index contributed by atoms with van der Waals surface area (Å²) >= 11 is 0. The highest BCUT2D eigenvalue weighted by Crippen LogP contribution is 2.53. The number of fused-ring (bicyclic) bond motifs is 5. The van der Waals surface area contributed by atoms with Crippen molar-refractivity contribution in [2.45, 2.75) is 6.42 Å². The van der Waals surface area contributed by atoms with Gasteiger partial charge in [-0.05, 0) is 54.7 Å². The predicted octanol–water partition coefficient (Wildman–Crippen LogP) is 2.95. The molecule has 0 radical (unpaired) electrons. The second kappa shape index (κ2) is 6.66. The fourth-order valence-electron chi connectivity index (χ4n) is 4.88. The Bertz CT molecular complexity index is 1110. The molecule has 2 aromatic carbocycles. The minimum atomic E-state index is -1.09. The highest BCUT2D eigenvalue weighted by Gasteiger charge is 2.59. The van der Waals surface area contributed by atoms with Crippen LogP contribution in [0.25, 0.3) is 0 Å². The van der Waals surface area contributed by atoms with E-state index in [9.17, 15) is 19.2 Å². The van der Waals surface area contributed by atoms with Crippen LogP contribution in [0, 0.1) is 23.7 Å². The van der Waals surface area contributed by atoms with E-state index in [2.05, 4.69) is 5.32 Å². The van der Waals surface area contributed by atoms with Crippen LogP contribution in [-0.4, -0.2) is 28.8 Å². The SMILES string of the molecule is O=C(O)c1cccc(NC(=O)c2cccc(N3C(=O)[C@@H]4[C@H](C3=O)[C@H]3C=C[C@H]4C3)c2)c1. The first-order chi connectivity index (χ1) is 14.4. The van der Waals surface area contributed by atoms with Gasteiger partial charge in [0.1, 0.15) is 0 Å². The zero-order valence-corrected chi connectivity index (χ0v) is 15.8. The van der Waals surface area contributed by atoms with E-state index in [0.29, 0.717) is 11.4 Å². The molecule has 1 heterocycles. The molecule has 2 bridgehead atoms. The summed E-state index contributed by atoms with van der Waals surface area (Å²) in [5.41, 5.74) is 1.05. The van der Waals surface area contributed by atoms with E-state index in [1.807, 2.05) is 12.2 Å². The maximum Gasteiger partial charge on any atom is 0.335 e. The number of carbonyl (C=O) groups is 4. The zero-order chi connectivity index (χ0) is 21.0. The van der Waals surface area contributed by atoms with Crippen molar-refractivity contribution in [2.24, 2.45) is 23.7 Å². The molecule has 2 fully saturated rings. The molecule has 7 nitrogen and oxygen atoms in total. The lowest BCUT2D eigenvalue weighted by atomic mass is 9.85. The van der Waals surface area contributed by atoms with E-state index in [0.717, 1.165) is 6.42 Å². The Balaban J connectivity index is 1.39. The molecule has 4 atom stereocenters. The van der Waals surface area contributed by atoms with E-state index in [1.165, 1.54) is 29.2 Å². The Morgan fingerprint density at radius 1 is 0.900 bits per heavy atom. The average Bonchev–Trinajstić information content (AvgIpc) is 3.42. The quantitative estimate of drug-likeness (QED) is 0.605. The van der Waals surface area contributed by atoms with Gasteiger partial charge in [-0.1, -0.05) is 24.3 Å². The summed E-state index contributed by atoms with van der Waals surface area (Å²) in [5, 5.41) is 11.7. The number of allylic oxidation sites excluding steroid dienone is 2. The number of carboxylic acids is 1. The molecule has 5 rings (SSSR count). The van der Waals surface area contributed by atoms with Crippen LogP contribution in [0.3, 0.4) is 0 Å². The molecule has 0 unspecified atom stereocenters. The van der Waals surface area contributed by atoms with E-state index < -0.39 is 11.9 Å². The van der Waals surface area contributed by atoms with Crippen LogP contribution in [0.4, 0.5) is 11.4 Å². The van der Waals surface area contributed by atoms with Gasteiger partial charge in [0.15, 0.2) is 0 Å². The highest BCUT2D eigenvalue weighted by molar-refractivity contribution is 6.23. The minimum Gasteiger partial charge on any atom is -0.478 e. The lowest BCUT2D eigenvalue weighted by molar-refractivity contribution is -0.123. The lowest BCUT2D eigenvalue weighted by Gasteiger charge is -2.18. The van der Waals surface area contributed by atoms with Gasteiger partial charge in [-0.25, -0.2) is 9.69 Å². The molecule has 2 aromatic rings. The molecule has 3 amide bonds. The van der Waals surface area contributed by atoms with Crippen LogP contribution in [0.15, 0.2) is 60.7 Å². The van der Waals surface area contributed by atoms with E-state index in [1.54, 1.807) is 24.3 Å². The van der Waals surface area contributed by atoms with Crippen LogP contribution in [0.2, 0.25) is 0 Å². The number of imide groups is 1. The predicted molar refractivity (Wildman–Crippen MR) is 108 cm³/mol. The molecule has 1 saturated heterocycles. The standard InChI is InChI=1S/C23H18N2O5/c26-20(24-16-5-1-4-15(10-16)23(29)30)14-3-2-6-17(11-14)25-21(27)18-12-7-8-13(9-12)19(18)22(25)28/h1-8,10-13,18-19H,9H2,(H,24,26)(H,29,30)/t12-,13-,18-,19+/m0/s1. The second-order valence-corrected chi connectivity index (χ2v) is 7.90. The summed E-state index contributed by atoms with van der Waals surface area (Å²) < 4.78 is 0. The fourth-order valence-corrected chi connectivity index (χ4v) is 4.88. The molecule has 1 saturated carbocycles. The van der Waals surface area contributed by atoms with Crippen LogP contribution < -0.4 is 10.2 Å². The van der Waals surface area contributed by atoms with Crippen LogP contribution in [0.1, 0.15) is 27.1 Å². The Morgan fingerprint density at radius 2 is 1.53 bits per heavy atom. The largest absolute Gasteiger partial charge is 0.478 e. The Kier molecular flexibility index (Phi) is 4.06. The molecule has 7 heteroatoms. The van der Waals surface area contributed by atoms with E-state index in [-0.39, 0.29) is 46.6 Å². The number of aromatic carboxylic acids is 1. The number of hydrogen-bond acceptors (Lipinski definition) is 4. The Morgan fingerprint density at radius 3 is 2.20 bits per heavy atom. The molecule has 2 aliphatic carbocycles. The van der Waals surface area contributed by atoms with Gasteiger partial charge >= 0.3 is 5.97 Å². The van der Waals surface area contributed by atoms with E-state index in [4.69, 9.17) is 5.11 Å². The number of carbonyl (C=O) groups excluding carboxylic acids is 3. The van der Waals surface area contributed by atoms with Gasteiger partial charge in [0.2, 0.25) is 11.8 Å². The van der Waals surface area contributed by atoms with Crippen LogP contribution >= 0.6 is 0 Å². The highest BCUT2D eigenvalue weighted by atomic mass is 16.4. The summed E-state index contributed by atoms with van der Waals surface area (Å²) in [7, 11) is 0. The van der Waals surface area contributed by atoms with E-state index >= 15 is 0 Å². The normalized spacial score (nSPS) is 26.2. The Labute approximate surface area is 172 Å². The number of benzene rings is 2. The number of rotatable bonds is 4. The van der Waals surface area contributed by atoms with Crippen molar-refractivity contribution < 1.29 is 24.3 Å². The van der Waals surface area contributed by atoms with Gasteiger partial charge in [-0.3, -0.25) is 14.4 Å². The summed E-state index contributed by atoms with van der Waals surface area (Å²) in [6, 6.07) is 12.3. The van der Waals surface area contributed by atoms with Gasteiger partial charge in [-0.15, -0.1) is 0 Å². The Hall–Kier alpha value is -3.74. The number of anilines is 2. The third-order valence-electron chi connectivity index (χ3n) is 6.20. The van der Waals surface area contributed by atoms with Gasteiger partial charge in [0, 0.05) is 11.3 Å². The molecule has 0 spiro atoms. The topological polar surface area (TPSA) is 104 Å². The summed E-state index contributed by atoms with van der Waals surface area (Å²) in [4.78, 5) is 51.0. The second-order valence-electron chi connectivity index (χ2n) is 7.90. The number of hydrogen-bond donors (Lipinski definition) is 2. The number of nitrogens with one attached hydrogen (secondary N) is 1. The van der Waals surface area contributed by atoms with Crippen molar-refractivity contribution in [3.63, 3.8) is 0 Å². The maximum absolute atomic E-state index is 13.0. The van der Waals surface area contributed by atoms with Crippen molar-refractivity contribution >= 4 is 35.1 Å². The minimum absolute atomic E-state index is 0.0598. The van der Waals surface area contributed by atoms with Crippen molar-refractivity contribution in [3.05, 3.63) is 71.8 Å². The smallest absolute Gasteiger partial charge is 0.335 e. The van der Waals surface area contributed by atoms with Gasteiger partial charge in [0.25, 0.3) is 5.91 Å². The van der Waals surface area contributed by atoms with Crippen molar-refractivity contribution in [1.29, 1.82) is 0 Å². The molecule has 150 valence electrons. The van der Waals surface area contributed by atoms with Crippen LogP contribution in [-0.2, 0) is 9.59 Å². The monoisotopic (exact) mass is 402 g/mol. The number of carboxylic acid groups (broad SMARTS) is 1. The molecule has 2 N–H and O–H groups in total. The first-order valence-corrected chi connectivity index (χ1v) is 9.75. The lowest BCUT2D eigenvalue weighted by Crippen LogP contribution is -2.33. The van der Waals surface area contributed by atoms with Gasteiger partial charge in [0.05, 0.1) is 23.1 Å². The van der Waals surface area contributed by atoms with Crippen molar-refractivity contribution in [2.75, 3.05) is 10.2 Å². The fraction of sp³-hybridized carbons (Fsp3) is 0.217. The third-order valence-corrected chi connectivity index (χ3v) is 6.20.